The van der Waals surface area contributed by atoms with Gasteiger partial charge in [0, 0.05) is 29.8 Å². The minimum absolute atomic E-state index is 0.0307. The number of ether oxygens (including phenoxy) is 1. The number of hydrogen-bond donors (Lipinski definition) is 5. The lowest BCUT2D eigenvalue weighted by Gasteiger charge is -2.45. The van der Waals surface area contributed by atoms with E-state index < -0.39 is 18.2 Å². The summed E-state index contributed by atoms with van der Waals surface area (Å²) in [4.78, 5) is 25.8. The van der Waals surface area contributed by atoms with E-state index in [9.17, 15) is 19.8 Å². The van der Waals surface area contributed by atoms with Crippen molar-refractivity contribution in [3.05, 3.63) is 10.8 Å². The minimum Gasteiger partial charge on any atom is -0.449 e. The third-order valence-electron chi connectivity index (χ3n) is 5.92. The molecule has 0 aliphatic carbocycles. The first kappa shape index (κ1) is 21.4. The molecular formula is C18H29N3O6S. The summed E-state index contributed by atoms with van der Waals surface area (Å²) in [5.74, 6) is -0.821. The van der Waals surface area contributed by atoms with Gasteiger partial charge >= 0.3 is 6.16 Å². The Morgan fingerprint density at radius 3 is 2.79 bits per heavy atom. The molecule has 0 aromatic heterocycles. The third kappa shape index (κ3) is 3.88. The molecule has 158 valence electrons. The Kier molecular flexibility index (Phi) is 6.55. The second-order valence-electron chi connectivity index (χ2n) is 7.78. The van der Waals surface area contributed by atoms with Crippen molar-refractivity contribution in [2.45, 2.75) is 56.2 Å². The second kappa shape index (κ2) is 8.58. The van der Waals surface area contributed by atoms with Gasteiger partial charge in [0.1, 0.15) is 0 Å². The van der Waals surface area contributed by atoms with Crippen molar-refractivity contribution in [2.24, 2.45) is 11.8 Å². The highest BCUT2D eigenvalue weighted by Crippen LogP contribution is 2.52. The van der Waals surface area contributed by atoms with Crippen molar-refractivity contribution in [2.75, 3.05) is 20.2 Å². The Morgan fingerprint density at radius 2 is 2.21 bits per heavy atom. The van der Waals surface area contributed by atoms with E-state index in [2.05, 4.69) is 10.6 Å². The molecule has 9 nitrogen and oxygen atoms in total. The summed E-state index contributed by atoms with van der Waals surface area (Å²) in [6.45, 7) is 4.36. The summed E-state index contributed by atoms with van der Waals surface area (Å²) in [5, 5.41) is 35.2. The molecule has 2 saturated heterocycles. The summed E-state index contributed by atoms with van der Waals surface area (Å²) >= 11 is 1.55. The molecular weight excluding hydrogens is 386 g/mol. The van der Waals surface area contributed by atoms with Crippen LogP contribution in [0.15, 0.2) is 10.8 Å². The van der Waals surface area contributed by atoms with Crippen LogP contribution in [0.25, 0.3) is 0 Å². The van der Waals surface area contributed by atoms with Crippen LogP contribution in [0.3, 0.4) is 0 Å². The lowest BCUT2D eigenvalue weighted by Crippen LogP contribution is -2.63. The number of likely N-dealkylation sites (N-methyl/N-ethyl adjacent to an activating group) is 1. The number of β-lactam (4-membered cyclic amide) rings is 1. The number of thioether (sulfide) groups is 1. The van der Waals surface area contributed by atoms with Crippen molar-refractivity contribution in [3.8, 4) is 0 Å². The Balaban J connectivity index is 1.72. The molecule has 0 bridgehead atoms. The van der Waals surface area contributed by atoms with Crippen LogP contribution >= 0.6 is 11.8 Å². The number of nitrogens with one attached hydrogen (secondary N) is 2. The van der Waals surface area contributed by atoms with Crippen molar-refractivity contribution >= 4 is 23.8 Å². The fraction of sp³-hybridized carbons (Fsp3) is 0.778. The zero-order valence-electron chi connectivity index (χ0n) is 16.3. The highest BCUT2D eigenvalue weighted by molar-refractivity contribution is 8.03. The Labute approximate surface area is 168 Å². The highest BCUT2D eigenvalue weighted by atomic mass is 32.2. The maximum Gasteiger partial charge on any atom is 0.512 e. The van der Waals surface area contributed by atoms with E-state index in [1.165, 1.54) is 4.90 Å². The van der Waals surface area contributed by atoms with Gasteiger partial charge in [-0.3, -0.25) is 9.69 Å². The van der Waals surface area contributed by atoms with E-state index in [4.69, 9.17) is 9.84 Å². The summed E-state index contributed by atoms with van der Waals surface area (Å²) in [6, 6.07) is 0.0212. The molecule has 10 heteroatoms. The lowest BCUT2D eigenvalue weighted by molar-refractivity contribution is -0.163. The fourth-order valence-electron chi connectivity index (χ4n) is 4.46. The van der Waals surface area contributed by atoms with Gasteiger partial charge in [0.05, 0.1) is 29.6 Å². The third-order valence-corrected chi connectivity index (χ3v) is 7.41. The van der Waals surface area contributed by atoms with E-state index in [1.54, 1.807) is 18.7 Å². The molecule has 0 radical (unpaired) electrons. The predicted molar refractivity (Wildman–Crippen MR) is 103 cm³/mol. The van der Waals surface area contributed by atoms with Gasteiger partial charge in [-0.25, -0.2) is 4.79 Å². The number of carbonyl (C=O) groups is 2. The molecule has 0 spiro atoms. The quantitative estimate of drug-likeness (QED) is 0.277. The molecule has 1 amide bonds. The summed E-state index contributed by atoms with van der Waals surface area (Å²) in [7, 11) is 1.82. The Morgan fingerprint density at radius 1 is 1.50 bits per heavy atom. The van der Waals surface area contributed by atoms with Gasteiger partial charge < -0.3 is 30.7 Å². The minimum atomic E-state index is -1.45. The first-order chi connectivity index (χ1) is 13.3. The molecule has 0 aromatic carbocycles. The largest absolute Gasteiger partial charge is 0.512 e. The van der Waals surface area contributed by atoms with Crippen molar-refractivity contribution < 1.29 is 29.6 Å². The van der Waals surface area contributed by atoms with E-state index >= 15 is 0 Å². The average molecular weight is 416 g/mol. The molecule has 0 saturated carbocycles. The van der Waals surface area contributed by atoms with Crippen LogP contribution in [-0.4, -0.2) is 82.0 Å². The normalized spacial score (nSPS) is 34.2. The molecule has 2 fully saturated rings. The molecule has 5 N–H and O–H groups in total. The van der Waals surface area contributed by atoms with Crippen LogP contribution < -0.4 is 10.6 Å². The van der Waals surface area contributed by atoms with E-state index in [0.717, 1.165) is 24.3 Å². The van der Waals surface area contributed by atoms with E-state index in [0.29, 0.717) is 0 Å². The van der Waals surface area contributed by atoms with Crippen LogP contribution in [-0.2, 0) is 9.53 Å². The maximum absolute atomic E-state index is 12.5. The monoisotopic (exact) mass is 415 g/mol. The van der Waals surface area contributed by atoms with Gasteiger partial charge in [-0.15, -0.1) is 11.8 Å². The molecule has 0 aromatic rings. The summed E-state index contributed by atoms with van der Waals surface area (Å²) in [6.07, 6.45) is -0.565. The number of aliphatic hydroxyl groups excluding tert-OH is 2. The predicted octanol–water partition coefficient (Wildman–Crippen LogP) is 0.142. The SMILES string of the molecule is CNC(CO)C[C@@H]1C[C@H](SC2=C(OC(=O)O)N3C(=O)[C@H]([C@@H](C)O)[C@@H]3[C@H]2C)CN1. The number of carboxylic acid groups (broad SMARTS) is 1. The first-order valence-electron chi connectivity index (χ1n) is 9.62. The maximum atomic E-state index is 12.5. The van der Waals surface area contributed by atoms with Crippen LogP contribution in [0.1, 0.15) is 26.7 Å². The van der Waals surface area contributed by atoms with Gasteiger partial charge in [-0.2, -0.15) is 0 Å². The second-order valence-corrected chi connectivity index (χ2v) is 9.12. The average Bonchev–Trinajstić information content (AvgIpc) is 3.15. The molecule has 1 unspecified atom stereocenters. The number of fused-ring (bicyclic) bond motifs is 1. The number of nitrogens with zero attached hydrogens (tertiary/aromatic N) is 1. The molecule has 3 aliphatic rings. The fourth-order valence-corrected chi connectivity index (χ4v) is 5.92. The molecule has 3 aliphatic heterocycles. The molecule has 3 rings (SSSR count). The van der Waals surface area contributed by atoms with Crippen LogP contribution in [0.5, 0.6) is 0 Å². The van der Waals surface area contributed by atoms with Gasteiger partial charge in [0.25, 0.3) is 0 Å². The zero-order chi connectivity index (χ0) is 20.6. The number of amides is 1. The van der Waals surface area contributed by atoms with Gasteiger partial charge in [0.15, 0.2) is 0 Å². The van der Waals surface area contributed by atoms with Crippen molar-refractivity contribution in [1.82, 2.24) is 15.5 Å². The highest BCUT2D eigenvalue weighted by Gasteiger charge is 2.60. The van der Waals surface area contributed by atoms with Crippen LogP contribution in [0.4, 0.5) is 4.79 Å². The number of rotatable bonds is 8. The number of hydrogen-bond acceptors (Lipinski definition) is 8. The van der Waals surface area contributed by atoms with Crippen LogP contribution in [0, 0.1) is 11.8 Å². The number of carbonyl (C=O) groups excluding carboxylic acids is 1. The molecule has 7 atom stereocenters. The standard InChI is InChI=1S/C18H29N3O6S/c1-8-14-13(9(2)23)16(24)21(14)17(27-18(25)26)15(8)28-12-5-10(20-6-12)4-11(7-22)19-3/h8-14,19-20,22-23H,4-7H2,1-3H3,(H,25,26)/t8-,9-,10-,11?,12+,13-,14+/m1/s1. The summed E-state index contributed by atoms with van der Waals surface area (Å²) in [5.41, 5.74) is 0. The Bertz CT molecular complexity index is 653. The topological polar surface area (TPSA) is 131 Å². The van der Waals surface area contributed by atoms with Crippen molar-refractivity contribution in [1.29, 1.82) is 0 Å². The van der Waals surface area contributed by atoms with Crippen molar-refractivity contribution in [3.63, 3.8) is 0 Å². The van der Waals surface area contributed by atoms with E-state index in [1.807, 2.05) is 14.0 Å². The zero-order valence-corrected chi connectivity index (χ0v) is 17.1. The summed E-state index contributed by atoms with van der Waals surface area (Å²) < 4.78 is 5.00. The number of aliphatic hydroxyl groups is 2. The Hall–Kier alpha value is -1.33. The van der Waals surface area contributed by atoms with E-state index in [-0.39, 0.29) is 47.7 Å². The molecule has 3 heterocycles. The lowest BCUT2D eigenvalue weighted by atomic mass is 9.79. The van der Waals surface area contributed by atoms with Gasteiger partial charge in [-0.05, 0) is 26.8 Å². The first-order valence-corrected chi connectivity index (χ1v) is 10.5. The molecule has 28 heavy (non-hydrogen) atoms. The smallest absolute Gasteiger partial charge is 0.449 e. The van der Waals surface area contributed by atoms with Gasteiger partial charge in [-0.1, -0.05) is 6.92 Å². The van der Waals surface area contributed by atoms with Crippen LogP contribution in [0.2, 0.25) is 0 Å². The van der Waals surface area contributed by atoms with Gasteiger partial charge in [0.2, 0.25) is 11.8 Å².